The molecule has 0 aromatic carbocycles. The third-order valence-electron chi connectivity index (χ3n) is 4.81. The van der Waals surface area contributed by atoms with Gasteiger partial charge in [-0.1, -0.05) is 6.07 Å². The molecule has 3 rings (SSSR count). The maximum Gasteiger partial charge on any atom is 0.323 e. The molecule has 1 aromatic heterocycles. The zero-order valence-corrected chi connectivity index (χ0v) is 13.4. The SMILES string of the molecule is O=C(O)CN1CCCCC(NC(=O)C2(c3cccnc3)CC2)C1=O. The number of rotatable bonds is 5. The molecule has 7 nitrogen and oxygen atoms in total. The van der Waals surface area contributed by atoms with E-state index in [1.165, 1.54) is 4.90 Å². The summed E-state index contributed by atoms with van der Waals surface area (Å²) < 4.78 is 0. The fourth-order valence-electron chi connectivity index (χ4n) is 3.27. The lowest BCUT2D eigenvalue weighted by molar-refractivity contribution is -0.145. The molecule has 1 aliphatic heterocycles. The molecule has 7 heteroatoms. The van der Waals surface area contributed by atoms with Crippen LogP contribution in [0, 0.1) is 0 Å². The van der Waals surface area contributed by atoms with Gasteiger partial charge in [-0.05, 0) is 43.7 Å². The maximum atomic E-state index is 12.8. The molecular formula is C17H21N3O4. The normalized spacial score (nSPS) is 22.6. The lowest BCUT2D eigenvalue weighted by Crippen LogP contribution is -2.51. The minimum Gasteiger partial charge on any atom is -0.480 e. The fourth-order valence-corrected chi connectivity index (χ4v) is 3.27. The Morgan fingerprint density at radius 3 is 2.79 bits per heavy atom. The predicted molar refractivity (Wildman–Crippen MR) is 85.1 cm³/mol. The minimum absolute atomic E-state index is 0.161. The molecule has 24 heavy (non-hydrogen) atoms. The molecule has 128 valence electrons. The van der Waals surface area contributed by atoms with E-state index in [0.717, 1.165) is 31.2 Å². The number of aliphatic carboxylic acids is 1. The first-order chi connectivity index (χ1) is 11.5. The van der Waals surface area contributed by atoms with Crippen LogP contribution in [-0.4, -0.2) is 51.9 Å². The van der Waals surface area contributed by atoms with Gasteiger partial charge >= 0.3 is 5.97 Å². The van der Waals surface area contributed by atoms with Crippen LogP contribution in [0.2, 0.25) is 0 Å². The van der Waals surface area contributed by atoms with Crippen LogP contribution in [0.15, 0.2) is 24.5 Å². The van der Waals surface area contributed by atoms with Gasteiger partial charge in [-0.3, -0.25) is 19.4 Å². The van der Waals surface area contributed by atoms with Crippen LogP contribution in [0.1, 0.15) is 37.7 Å². The summed E-state index contributed by atoms with van der Waals surface area (Å²) >= 11 is 0. The Morgan fingerprint density at radius 1 is 1.38 bits per heavy atom. The Hall–Kier alpha value is -2.44. The smallest absolute Gasteiger partial charge is 0.323 e. The number of carboxylic acid groups (broad SMARTS) is 1. The molecule has 1 aliphatic carbocycles. The van der Waals surface area contributed by atoms with Crippen molar-refractivity contribution in [3.05, 3.63) is 30.1 Å². The molecule has 1 unspecified atom stereocenters. The summed E-state index contributed by atoms with van der Waals surface area (Å²) in [7, 11) is 0. The molecule has 2 heterocycles. The first-order valence-corrected chi connectivity index (χ1v) is 8.25. The number of hydrogen-bond donors (Lipinski definition) is 2. The second-order valence-electron chi connectivity index (χ2n) is 6.50. The molecule has 2 N–H and O–H groups in total. The van der Waals surface area contributed by atoms with E-state index in [2.05, 4.69) is 10.3 Å². The number of carbonyl (C=O) groups excluding carboxylic acids is 2. The summed E-state index contributed by atoms with van der Waals surface area (Å²) in [5.74, 6) is -1.50. The summed E-state index contributed by atoms with van der Waals surface area (Å²) in [5.41, 5.74) is 0.282. The lowest BCUT2D eigenvalue weighted by atomic mass is 9.96. The van der Waals surface area contributed by atoms with Crippen molar-refractivity contribution in [3.63, 3.8) is 0 Å². The van der Waals surface area contributed by atoms with E-state index in [-0.39, 0.29) is 18.4 Å². The van der Waals surface area contributed by atoms with Gasteiger partial charge in [-0.25, -0.2) is 0 Å². The Bertz CT molecular complexity index is 642. The largest absolute Gasteiger partial charge is 0.480 e. The molecule has 1 saturated heterocycles. The highest BCUT2D eigenvalue weighted by Crippen LogP contribution is 2.48. The van der Waals surface area contributed by atoms with E-state index in [1.807, 2.05) is 6.07 Å². The van der Waals surface area contributed by atoms with Crippen LogP contribution < -0.4 is 5.32 Å². The topological polar surface area (TPSA) is 99.6 Å². The number of hydrogen-bond acceptors (Lipinski definition) is 4. The number of likely N-dealkylation sites (tertiary alicyclic amines) is 1. The summed E-state index contributed by atoms with van der Waals surface area (Å²) in [6.07, 6.45) is 6.92. The first kappa shape index (κ1) is 16.4. The van der Waals surface area contributed by atoms with Gasteiger partial charge in [-0.15, -0.1) is 0 Å². The molecule has 2 fully saturated rings. The van der Waals surface area contributed by atoms with Gasteiger partial charge in [0.15, 0.2) is 0 Å². The number of carboxylic acids is 1. The zero-order chi connectivity index (χ0) is 17.2. The number of amides is 2. The molecule has 0 spiro atoms. The Kier molecular flexibility index (Phi) is 4.51. The minimum atomic E-state index is -1.04. The van der Waals surface area contributed by atoms with E-state index in [4.69, 9.17) is 5.11 Å². The number of carbonyl (C=O) groups is 3. The lowest BCUT2D eigenvalue weighted by Gasteiger charge is -2.25. The van der Waals surface area contributed by atoms with Gasteiger partial charge < -0.3 is 15.3 Å². The highest BCUT2D eigenvalue weighted by atomic mass is 16.4. The van der Waals surface area contributed by atoms with Crippen molar-refractivity contribution in [2.24, 2.45) is 0 Å². The van der Waals surface area contributed by atoms with Crippen molar-refractivity contribution < 1.29 is 19.5 Å². The van der Waals surface area contributed by atoms with Crippen molar-refractivity contribution in [2.45, 2.75) is 43.6 Å². The van der Waals surface area contributed by atoms with Gasteiger partial charge in [-0.2, -0.15) is 0 Å². The third-order valence-corrected chi connectivity index (χ3v) is 4.81. The van der Waals surface area contributed by atoms with Crippen LogP contribution in [0.4, 0.5) is 0 Å². The van der Waals surface area contributed by atoms with Crippen molar-refractivity contribution in [1.82, 2.24) is 15.2 Å². The van der Waals surface area contributed by atoms with Gasteiger partial charge in [0, 0.05) is 18.9 Å². The molecular weight excluding hydrogens is 310 g/mol. The quantitative estimate of drug-likeness (QED) is 0.827. The number of nitrogens with zero attached hydrogens (tertiary/aromatic N) is 2. The molecule has 0 radical (unpaired) electrons. The van der Waals surface area contributed by atoms with Gasteiger partial charge in [0.25, 0.3) is 0 Å². The standard InChI is InChI=1S/C17H21N3O4/c21-14(22)11-20-9-2-1-5-13(15(20)23)19-16(24)17(6-7-17)12-4-3-8-18-10-12/h3-4,8,10,13H,1-2,5-7,9,11H2,(H,19,24)(H,21,22). The van der Waals surface area contributed by atoms with Crippen molar-refractivity contribution in [3.8, 4) is 0 Å². The summed E-state index contributed by atoms with van der Waals surface area (Å²) in [6, 6.07) is 3.03. The van der Waals surface area contributed by atoms with Crippen LogP contribution in [0.5, 0.6) is 0 Å². The first-order valence-electron chi connectivity index (χ1n) is 8.25. The van der Waals surface area contributed by atoms with Gasteiger partial charge in [0.05, 0.1) is 5.41 Å². The van der Waals surface area contributed by atoms with Crippen molar-refractivity contribution in [2.75, 3.05) is 13.1 Å². The summed E-state index contributed by atoms with van der Waals surface area (Å²) in [4.78, 5) is 41.6. The van der Waals surface area contributed by atoms with E-state index < -0.39 is 17.4 Å². The summed E-state index contributed by atoms with van der Waals surface area (Å²) in [5, 5.41) is 11.8. The second kappa shape index (κ2) is 6.59. The number of nitrogens with one attached hydrogen (secondary N) is 1. The molecule has 0 bridgehead atoms. The second-order valence-corrected chi connectivity index (χ2v) is 6.50. The summed E-state index contributed by atoms with van der Waals surface area (Å²) in [6.45, 7) is 0.101. The molecule has 1 atom stereocenters. The highest BCUT2D eigenvalue weighted by Gasteiger charge is 2.52. The average molecular weight is 331 g/mol. The molecule has 1 aromatic rings. The molecule has 1 saturated carbocycles. The predicted octanol–water partition coefficient (Wildman–Crippen LogP) is 0.695. The third kappa shape index (κ3) is 3.25. The maximum absolute atomic E-state index is 12.8. The number of aromatic nitrogens is 1. The highest BCUT2D eigenvalue weighted by molar-refractivity contribution is 5.95. The monoisotopic (exact) mass is 331 g/mol. The van der Waals surface area contributed by atoms with Crippen molar-refractivity contribution >= 4 is 17.8 Å². The number of pyridine rings is 1. The van der Waals surface area contributed by atoms with E-state index in [1.54, 1.807) is 18.5 Å². The molecule has 2 aliphatic rings. The fraction of sp³-hybridized carbons (Fsp3) is 0.529. The molecule has 2 amide bonds. The van der Waals surface area contributed by atoms with E-state index in [0.29, 0.717) is 13.0 Å². The van der Waals surface area contributed by atoms with Crippen LogP contribution in [-0.2, 0) is 19.8 Å². The zero-order valence-electron chi connectivity index (χ0n) is 13.4. The van der Waals surface area contributed by atoms with Crippen LogP contribution in [0.3, 0.4) is 0 Å². The Labute approximate surface area is 140 Å². The van der Waals surface area contributed by atoms with E-state index in [9.17, 15) is 14.4 Å². The Balaban J connectivity index is 1.71. The van der Waals surface area contributed by atoms with Gasteiger partial charge in [0.2, 0.25) is 11.8 Å². The van der Waals surface area contributed by atoms with Crippen molar-refractivity contribution in [1.29, 1.82) is 0 Å². The van der Waals surface area contributed by atoms with Crippen LogP contribution >= 0.6 is 0 Å². The van der Waals surface area contributed by atoms with Crippen LogP contribution in [0.25, 0.3) is 0 Å². The van der Waals surface area contributed by atoms with Gasteiger partial charge in [0.1, 0.15) is 12.6 Å². The Morgan fingerprint density at radius 2 is 2.17 bits per heavy atom. The van der Waals surface area contributed by atoms with E-state index >= 15 is 0 Å². The average Bonchev–Trinajstić information content (AvgIpc) is 3.38.